The van der Waals surface area contributed by atoms with Crippen molar-refractivity contribution in [3.8, 4) is 11.5 Å². The van der Waals surface area contributed by atoms with E-state index in [1.165, 1.54) is 12.0 Å². The molecule has 0 amide bonds. The Balaban J connectivity index is 1.77. The Kier molecular flexibility index (Phi) is 3.18. The molecule has 1 fully saturated rings. The first-order chi connectivity index (χ1) is 8.43. The van der Waals surface area contributed by atoms with E-state index in [0.717, 1.165) is 50.5 Å². The fourth-order valence-electron chi connectivity index (χ4n) is 2.57. The lowest BCUT2D eigenvalue weighted by molar-refractivity contribution is 0.163. The Morgan fingerprint density at radius 3 is 3.18 bits per heavy atom. The molecule has 17 heavy (non-hydrogen) atoms. The van der Waals surface area contributed by atoms with Gasteiger partial charge in [-0.15, -0.1) is 0 Å². The zero-order valence-corrected chi connectivity index (χ0v) is 10.1. The molecule has 2 heterocycles. The highest BCUT2D eigenvalue weighted by molar-refractivity contribution is 5.45. The van der Waals surface area contributed by atoms with Crippen LogP contribution in [0.25, 0.3) is 0 Å². The molecule has 1 aromatic carbocycles. The van der Waals surface area contributed by atoms with Crippen molar-refractivity contribution >= 4 is 0 Å². The molecule has 2 aliphatic rings. The maximum Gasteiger partial charge on any atom is 0.126 e. The third kappa shape index (κ3) is 2.39. The first kappa shape index (κ1) is 10.9. The number of hydrogen-bond acceptors (Lipinski definition) is 3. The van der Waals surface area contributed by atoms with Gasteiger partial charge in [-0.25, -0.2) is 0 Å². The van der Waals surface area contributed by atoms with E-state index < -0.39 is 0 Å². The second-order valence-electron chi connectivity index (χ2n) is 4.77. The summed E-state index contributed by atoms with van der Waals surface area (Å²) < 4.78 is 11.8. The Labute approximate surface area is 102 Å². The fourth-order valence-corrected chi connectivity index (χ4v) is 2.57. The summed E-state index contributed by atoms with van der Waals surface area (Å²) in [5, 5.41) is 3.38. The number of benzene rings is 1. The van der Waals surface area contributed by atoms with Gasteiger partial charge >= 0.3 is 0 Å². The molecule has 1 unspecified atom stereocenters. The Bertz CT molecular complexity index is 386. The molecule has 2 aliphatic heterocycles. The lowest BCUT2D eigenvalue weighted by Gasteiger charge is -2.27. The van der Waals surface area contributed by atoms with Crippen molar-refractivity contribution in [1.29, 1.82) is 0 Å². The minimum atomic E-state index is 0.317. The molecule has 3 heteroatoms. The van der Waals surface area contributed by atoms with E-state index in [2.05, 4.69) is 11.4 Å². The van der Waals surface area contributed by atoms with Crippen LogP contribution >= 0.6 is 0 Å². The van der Waals surface area contributed by atoms with Crippen LogP contribution in [0.5, 0.6) is 11.5 Å². The molecule has 3 rings (SSSR count). The summed E-state index contributed by atoms with van der Waals surface area (Å²) in [5.74, 6) is 2.04. The maximum atomic E-state index is 6.11. The lowest BCUT2D eigenvalue weighted by Crippen LogP contribution is -2.37. The fraction of sp³-hybridized carbons (Fsp3) is 0.571. The number of piperidine rings is 1. The highest BCUT2D eigenvalue weighted by Crippen LogP contribution is 2.33. The number of hydrogen-bond donors (Lipinski definition) is 1. The van der Waals surface area contributed by atoms with Gasteiger partial charge in [0.05, 0.1) is 6.61 Å². The second-order valence-corrected chi connectivity index (χ2v) is 4.77. The van der Waals surface area contributed by atoms with Crippen LogP contribution in [-0.2, 0) is 6.42 Å². The Morgan fingerprint density at radius 2 is 2.29 bits per heavy atom. The monoisotopic (exact) mass is 233 g/mol. The molecule has 0 spiro atoms. The zero-order chi connectivity index (χ0) is 11.5. The van der Waals surface area contributed by atoms with Crippen LogP contribution in [0, 0.1) is 0 Å². The lowest BCUT2D eigenvalue weighted by atomic mass is 10.0. The van der Waals surface area contributed by atoms with Crippen LogP contribution in [-0.4, -0.2) is 25.8 Å². The van der Waals surface area contributed by atoms with Crippen molar-refractivity contribution in [2.24, 2.45) is 0 Å². The van der Waals surface area contributed by atoms with Gasteiger partial charge in [0, 0.05) is 12.1 Å². The summed E-state index contributed by atoms with van der Waals surface area (Å²) in [6.45, 7) is 2.92. The van der Waals surface area contributed by atoms with E-state index in [1.54, 1.807) is 0 Å². The SMILES string of the molecule is c1cc2c(c(OC3CCCNC3)c1)CCCO2. The minimum Gasteiger partial charge on any atom is -0.493 e. The van der Waals surface area contributed by atoms with Gasteiger partial charge in [0.2, 0.25) is 0 Å². The first-order valence-corrected chi connectivity index (χ1v) is 6.55. The molecule has 1 aromatic rings. The number of fused-ring (bicyclic) bond motifs is 1. The summed E-state index contributed by atoms with van der Waals surface area (Å²) in [4.78, 5) is 0. The van der Waals surface area contributed by atoms with Gasteiger partial charge in [-0.05, 0) is 44.4 Å². The summed E-state index contributed by atoms with van der Waals surface area (Å²) in [6.07, 6.45) is 4.84. The van der Waals surface area contributed by atoms with E-state index in [9.17, 15) is 0 Å². The average Bonchev–Trinajstić information content (AvgIpc) is 2.40. The maximum absolute atomic E-state index is 6.11. The van der Waals surface area contributed by atoms with Crippen molar-refractivity contribution in [2.75, 3.05) is 19.7 Å². The smallest absolute Gasteiger partial charge is 0.126 e. The van der Waals surface area contributed by atoms with Crippen molar-refractivity contribution in [3.05, 3.63) is 23.8 Å². The van der Waals surface area contributed by atoms with Gasteiger partial charge in [0.15, 0.2) is 0 Å². The van der Waals surface area contributed by atoms with Crippen molar-refractivity contribution in [2.45, 2.75) is 31.8 Å². The van der Waals surface area contributed by atoms with Crippen molar-refractivity contribution in [1.82, 2.24) is 5.32 Å². The molecule has 0 radical (unpaired) electrons. The normalized spacial score (nSPS) is 23.6. The third-order valence-corrected chi connectivity index (χ3v) is 3.46. The number of nitrogens with one attached hydrogen (secondary N) is 1. The number of rotatable bonds is 2. The summed E-state index contributed by atoms with van der Waals surface area (Å²) in [7, 11) is 0. The van der Waals surface area contributed by atoms with Gasteiger partial charge in [-0.2, -0.15) is 0 Å². The van der Waals surface area contributed by atoms with Crippen LogP contribution in [0.1, 0.15) is 24.8 Å². The molecule has 0 saturated carbocycles. The predicted molar refractivity (Wildman–Crippen MR) is 66.8 cm³/mol. The number of ether oxygens (including phenoxy) is 2. The molecule has 0 aromatic heterocycles. The van der Waals surface area contributed by atoms with E-state index in [-0.39, 0.29) is 0 Å². The van der Waals surface area contributed by atoms with Crippen LogP contribution < -0.4 is 14.8 Å². The molecule has 0 aliphatic carbocycles. The molecule has 92 valence electrons. The highest BCUT2D eigenvalue weighted by Gasteiger charge is 2.19. The Hall–Kier alpha value is -1.22. The molecule has 1 atom stereocenters. The van der Waals surface area contributed by atoms with Gasteiger partial charge in [0.1, 0.15) is 17.6 Å². The van der Waals surface area contributed by atoms with E-state index >= 15 is 0 Å². The Morgan fingerprint density at radius 1 is 1.29 bits per heavy atom. The first-order valence-electron chi connectivity index (χ1n) is 6.55. The molecule has 3 nitrogen and oxygen atoms in total. The van der Waals surface area contributed by atoms with E-state index in [0.29, 0.717) is 6.10 Å². The van der Waals surface area contributed by atoms with Gasteiger partial charge in [0.25, 0.3) is 0 Å². The van der Waals surface area contributed by atoms with Crippen LogP contribution in [0.2, 0.25) is 0 Å². The van der Waals surface area contributed by atoms with Crippen molar-refractivity contribution < 1.29 is 9.47 Å². The molecule has 0 bridgehead atoms. The summed E-state index contributed by atoms with van der Waals surface area (Å²) in [6, 6.07) is 6.14. The van der Waals surface area contributed by atoms with Gasteiger partial charge in [-0.1, -0.05) is 6.07 Å². The minimum absolute atomic E-state index is 0.317. The third-order valence-electron chi connectivity index (χ3n) is 3.46. The predicted octanol–water partition coefficient (Wildman–Crippen LogP) is 2.14. The van der Waals surface area contributed by atoms with Crippen LogP contribution in [0.15, 0.2) is 18.2 Å². The van der Waals surface area contributed by atoms with Crippen LogP contribution in [0.4, 0.5) is 0 Å². The topological polar surface area (TPSA) is 30.5 Å². The largest absolute Gasteiger partial charge is 0.493 e. The van der Waals surface area contributed by atoms with E-state index in [4.69, 9.17) is 9.47 Å². The zero-order valence-electron chi connectivity index (χ0n) is 10.1. The van der Waals surface area contributed by atoms with Gasteiger partial charge < -0.3 is 14.8 Å². The summed E-state index contributed by atoms with van der Waals surface area (Å²) >= 11 is 0. The van der Waals surface area contributed by atoms with E-state index in [1.807, 2.05) is 12.1 Å². The van der Waals surface area contributed by atoms with Gasteiger partial charge in [-0.3, -0.25) is 0 Å². The highest BCUT2D eigenvalue weighted by atomic mass is 16.5. The standard InChI is InChI=1S/C14H19NO2/c1-6-13-12(5-3-9-16-13)14(7-1)17-11-4-2-8-15-10-11/h1,6-7,11,15H,2-5,8-10H2. The molecule has 1 saturated heterocycles. The molecular weight excluding hydrogens is 214 g/mol. The van der Waals surface area contributed by atoms with Crippen LogP contribution in [0.3, 0.4) is 0 Å². The quantitative estimate of drug-likeness (QED) is 0.849. The molecule has 1 N–H and O–H groups in total. The summed E-state index contributed by atoms with van der Waals surface area (Å²) in [5.41, 5.74) is 1.25. The second kappa shape index (κ2) is 4.96. The molecular formula is C14H19NO2. The average molecular weight is 233 g/mol. The van der Waals surface area contributed by atoms with Crippen molar-refractivity contribution in [3.63, 3.8) is 0 Å².